The maximum Gasteiger partial charge on any atom is 0.298 e. The number of aromatic nitrogens is 5. The second kappa shape index (κ2) is 4.54. The van der Waals surface area contributed by atoms with Crippen molar-refractivity contribution in [1.29, 1.82) is 0 Å². The first-order valence-corrected chi connectivity index (χ1v) is 8.30. The van der Waals surface area contributed by atoms with E-state index >= 15 is 0 Å². The van der Waals surface area contributed by atoms with E-state index in [0.717, 1.165) is 23.4 Å². The summed E-state index contributed by atoms with van der Waals surface area (Å²) in [5.41, 5.74) is 7.14. The molecule has 6 rings (SSSR count). The highest BCUT2D eigenvalue weighted by Gasteiger charge is 2.36. The number of benzene rings is 1. The smallest absolute Gasteiger partial charge is 0.264 e. The van der Waals surface area contributed by atoms with Gasteiger partial charge < -0.3 is 0 Å². The van der Waals surface area contributed by atoms with Crippen LogP contribution in [0.1, 0.15) is 5.56 Å². The third kappa shape index (κ3) is 1.59. The van der Waals surface area contributed by atoms with Crippen LogP contribution in [0, 0.1) is 0 Å². The van der Waals surface area contributed by atoms with Gasteiger partial charge in [0.15, 0.2) is 5.52 Å². The van der Waals surface area contributed by atoms with E-state index < -0.39 is 0 Å². The second-order valence-electron chi connectivity index (χ2n) is 6.34. The van der Waals surface area contributed by atoms with Crippen molar-refractivity contribution in [2.24, 2.45) is 0 Å². The average Bonchev–Trinajstić information content (AvgIpc) is 3.30. The largest absolute Gasteiger partial charge is 0.298 e. The van der Waals surface area contributed by atoms with Crippen LogP contribution in [0.5, 0.6) is 0 Å². The Labute approximate surface area is 143 Å². The van der Waals surface area contributed by atoms with E-state index in [0.29, 0.717) is 0 Å². The van der Waals surface area contributed by atoms with Gasteiger partial charge in [-0.25, -0.2) is 9.55 Å². The summed E-state index contributed by atoms with van der Waals surface area (Å²) in [6, 6.07) is 16.9. The van der Waals surface area contributed by atoms with E-state index in [1.54, 1.807) is 0 Å². The first kappa shape index (κ1) is 12.9. The van der Waals surface area contributed by atoms with Crippen molar-refractivity contribution in [1.82, 2.24) is 18.9 Å². The zero-order valence-electron chi connectivity index (χ0n) is 13.4. The lowest BCUT2D eigenvalue weighted by Crippen LogP contribution is -2.31. The van der Waals surface area contributed by atoms with E-state index in [1.807, 2.05) is 37.1 Å². The van der Waals surface area contributed by atoms with Gasteiger partial charge in [-0.05, 0) is 24.3 Å². The van der Waals surface area contributed by atoms with Gasteiger partial charge >= 0.3 is 0 Å². The number of hydrogen-bond acceptors (Lipinski definition) is 2. The SMILES string of the molecule is c1ccc(-n2c3[n+](c4cc5ccncn5c42)Cc2ccncc2-3)cc1. The Balaban J connectivity index is 1.84. The Morgan fingerprint density at radius 3 is 2.76 bits per heavy atom. The van der Waals surface area contributed by atoms with Crippen LogP contribution < -0.4 is 4.57 Å². The van der Waals surface area contributed by atoms with Crippen LogP contribution in [-0.4, -0.2) is 18.9 Å². The van der Waals surface area contributed by atoms with Crippen molar-refractivity contribution in [3.63, 3.8) is 0 Å². The Morgan fingerprint density at radius 2 is 1.84 bits per heavy atom. The van der Waals surface area contributed by atoms with Gasteiger partial charge in [-0.3, -0.25) is 9.38 Å². The summed E-state index contributed by atoms with van der Waals surface area (Å²) in [6.07, 6.45) is 7.56. The lowest BCUT2D eigenvalue weighted by atomic mass is 10.2. The van der Waals surface area contributed by atoms with Gasteiger partial charge in [0.05, 0.1) is 11.1 Å². The number of fused-ring (bicyclic) bond motifs is 7. The summed E-state index contributed by atoms with van der Waals surface area (Å²) in [6.45, 7) is 0.869. The number of rotatable bonds is 1. The van der Waals surface area contributed by atoms with Crippen LogP contribution in [0.2, 0.25) is 0 Å². The molecule has 0 spiro atoms. The Morgan fingerprint density at radius 1 is 0.960 bits per heavy atom. The number of pyridine rings is 1. The lowest BCUT2D eigenvalue weighted by Gasteiger charge is -2.02. The topological polar surface area (TPSA) is 39.0 Å². The molecule has 118 valence electrons. The minimum atomic E-state index is 0.869. The summed E-state index contributed by atoms with van der Waals surface area (Å²) >= 11 is 0. The molecule has 0 bridgehead atoms. The van der Waals surface area contributed by atoms with Crippen molar-refractivity contribution in [3.05, 3.63) is 79.0 Å². The molecule has 1 aliphatic heterocycles. The Kier molecular flexibility index (Phi) is 2.34. The highest BCUT2D eigenvalue weighted by molar-refractivity contribution is 5.84. The van der Waals surface area contributed by atoms with E-state index in [-0.39, 0.29) is 0 Å². The van der Waals surface area contributed by atoms with Crippen molar-refractivity contribution in [3.8, 4) is 17.1 Å². The summed E-state index contributed by atoms with van der Waals surface area (Å²) in [7, 11) is 0. The molecule has 0 unspecified atom stereocenters. The first-order valence-electron chi connectivity index (χ1n) is 8.30. The highest BCUT2D eigenvalue weighted by atomic mass is 15.2. The molecular weight excluding hydrogens is 310 g/mol. The lowest BCUT2D eigenvalue weighted by molar-refractivity contribution is -0.645. The van der Waals surface area contributed by atoms with Gasteiger partial charge in [-0.2, -0.15) is 4.57 Å². The quantitative estimate of drug-likeness (QED) is 0.436. The molecule has 5 nitrogen and oxygen atoms in total. The van der Waals surface area contributed by atoms with Gasteiger partial charge in [-0.15, -0.1) is 0 Å². The molecule has 25 heavy (non-hydrogen) atoms. The maximum atomic E-state index is 4.36. The van der Waals surface area contributed by atoms with Gasteiger partial charge in [0.1, 0.15) is 18.6 Å². The van der Waals surface area contributed by atoms with Crippen LogP contribution >= 0.6 is 0 Å². The van der Waals surface area contributed by atoms with E-state index in [2.05, 4.69) is 59.9 Å². The van der Waals surface area contributed by atoms with Crippen molar-refractivity contribution in [2.75, 3.05) is 0 Å². The predicted molar refractivity (Wildman–Crippen MR) is 94.6 cm³/mol. The molecule has 0 saturated heterocycles. The van der Waals surface area contributed by atoms with Gasteiger partial charge in [-0.1, -0.05) is 18.2 Å². The van der Waals surface area contributed by atoms with Crippen LogP contribution in [0.25, 0.3) is 33.8 Å². The van der Waals surface area contributed by atoms with Gasteiger partial charge in [0.25, 0.3) is 11.5 Å². The van der Waals surface area contributed by atoms with E-state index in [4.69, 9.17) is 0 Å². The fourth-order valence-electron chi connectivity index (χ4n) is 3.93. The molecule has 1 aromatic carbocycles. The van der Waals surface area contributed by atoms with Gasteiger partial charge in [0.2, 0.25) is 0 Å². The highest BCUT2D eigenvalue weighted by Crippen LogP contribution is 2.34. The summed E-state index contributed by atoms with van der Waals surface area (Å²) in [5.74, 6) is 1.18. The summed E-state index contributed by atoms with van der Waals surface area (Å²) in [4.78, 5) is 8.69. The fourth-order valence-corrected chi connectivity index (χ4v) is 3.93. The Hall–Kier alpha value is -3.47. The van der Waals surface area contributed by atoms with Crippen molar-refractivity contribution < 1.29 is 4.57 Å². The standard InChI is InChI=1S/C20H14N5/c1-2-4-15(5-3-1)25-19-17-11-21-8-6-14(17)12-23(19)18-10-16-7-9-22-13-24(16)20(18)25/h1-11,13H,12H2/q+1. The van der Waals surface area contributed by atoms with Crippen molar-refractivity contribution >= 4 is 16.7 Å². The molecule has 0 amide bonds. The number of imidazole rings is 1. The zero-order valence-corrected chi connectivity index (χ0v) is 13.4. The summed E-state index contributed by atoms with van der Waals surface area (Å²) in [5, 5.41) is 0. The molecule has 0 N–H and O–H groups in total. The second-order valence-corrected chi connectivity index (χ2v) is 6.34. The maximum absolute atomic E-state index is 4.36. The third-order valence-electron chi connectivity index (χ3n) is 5.00. The van der Waals surface area contributed by atoms with E-state index in [9.17, 15) is 0 Å². The minimum Gasteiger partial charge on any atom is -0.264 e. The minimum absolute atomic E-state index is 0.869. The number of nitrogens with zero attached hydrogens (tertiary/aromatic N) is 5. The molecule has 5 aromatic rings. The van der Waals surface area contributed by atoms with E-state index in [1.165, 1.54) is 22.5 Å². The third-order valence-corrected chi connectivity index (χ3v) is 5.00. The predicted octanol–water partition coefficient (Wildman–Crippen LogP) is 2.99. The average molecular weight is 324 g/mol. The zero-order chi connectivity index (χ0) is 16.4. The van der Waals surface area contributed by atoms with Crippen LogP contribution in [-0.2, 0) is 6.54 Å². The first-order chi connectivity index (χ1) is 12.4. The normalized spacial score (nSPS) is 12.6. The molecule has 0 saturated carbocycles. The molecule has 0 radical (unpaired) electrons. The van der Waals surface area contributed by atoms with Crippen LogP contribution in [0.3, 0.4) is 0 Å². The molecule has 0 fully saturated rings. The number of hydrogen-bond donors (Lipinski definition) is 0. The van der Waals surface area contributed by atoms with Crippen LogP contribution in [0.4, 0.5) is 0 Å². The summed E-state index contributed by atoms with van der Waals surface area (Å²) < 4.78 is 6.85. The van der Waals surface area contributed by atoms with Gasteiger partial charge in [0, 0.05) is 30.2 Å². The fraction of sp³-hybridized carbons (Fsp3) is 0.0500. The van der Waals surface area contributed by atoms with Crippen LogP contribution in [0.15, 0.2) is 73.4 Å². The number of para-hydroxylation sites is 1. The molecule has 0 aliphatic carbocycles. The molecule has 5 heteroatoms. The molecule has 0 atom stereocenters. The molecule has 5 heterocycles. The monoisotopic (exact) mass is 324 g/mol. The molecular formula is C20H14N5+. The Bertz CT molecular complexity index is 1260. The molecule has 1 aliphatic rings. The molecule has 4 aromatic heterocycles. The van der Waals surface area contributed by atoms with Crippen molar-refractivity contribution in [2.45, 2.75) is 6.54 Å².